The normalized spacial score (nSPS) is 14.9. The average molecular weight is 462 g/mol. The van der Waals surface area contributed by atoms with Crippen LogP contribution in [0.1, 0.15) is 23.6 Å². The maximum atomic E-state index is 13.3. The summed E-state index contributed by atoms with van der Waals surface area (Å²) in [6.45, 7) is 2.39. The van der Waals surface area contributed by atoms with Crippen LogP contribution in [-0.2, 0) is 11.3 Å². The van der Waals surface area contributed by atoms with Gasteiger partial charge in [-0.1, -0.05) is 47.7 Å². The molecule has 9 heteroatoms. The Balaban J connectivity index is 1.37. The quantitative estimate of drug-likeness (QED) is 0.443. The Hall–Kier alpha value is -3.59. The minimum Gasteiger partial charge on any atom is -0.496 e. The minimum absolute atomic E-state index is 0.123. The molecule has 0 radical (unpaired) electrons. The highest BCUT2D eigenvalue weighted by molar-refractivity contribution is 7.99. The second kappa shape index (κ2) is 8.74. The third-order valence-electron chi connectivity index (χ3n) is 5.74. The summed E-state index contributed by atoms with van der Waals surface area (Å²) in [6, 6.07) is 15.2. The largest absolute Gasteiger partial charge is 0.496 e. The van der Waals surface area contributed by atoms with Gasteiger partial charge in [0, 0.05) is 24.3 Å². The first-order valence-electron chi connectivity index (χ1n) is 10.6. The van der Waals surface area contributed by atoms with Crippen molar-refractivity contribution in [1.29, 1.82) is 0 Å². The molecule has 1 aliphatic rings. The summed E-state index contributed by atoms with van der Waals surface area (Å²) in [6.07, 6.45) is 1.76. The molecule has 1 N–H and O–H groups in total. The number of aryl methyl sites for hydroxylation is 1. The molecule has 33 heavy (non-hydrogen) atoms. The number of hydrogen-bond acceptors (Lipinski definition) is 6. The number of carbonyl (C=O) groups excluding carboxylic acids is 1. The van der Waals surface area contributed by atoms with Gasteiger partial charge >= 0.3 is 0 Å². The van der Waals surface area contributed by atoms with E-state index in [2.05, 4.69) is 10.4 Å². The number of carbonyl (C=O) groups is 1. The number of nitrogens with zero attached hydrogens (tertiary/aromatic N) is 4. The Bertz CT molecular complexity index is 1390. The first-order chi connectivity index (χ1) is 16.0. The van der Waals surface area contributed by atoms with Gasteiger partial charge in [-0.2, -0.15) is 5.10 Å². The van der Waals surface area contributed by atoms with E-state index in [0.29, 0.717) is 28.5 Å². The van der Waals surface area contributed by atoms with Crippen LogP contribution in [0, 0.1) is 6.92 Å². The topological polar surface area (TPSA) is 91.0 Å². The zero-order chi connectivity index (χ0) is 22.9. The van der Waals surface area contributed by atoms with Crippen molar-refractivity contribution in [2.45, 2.75) is 31.1 Å². The molecule has 0 saturated heterocycles. The molecule has 1 unspecified atom stereocenters. The number of hydrogen-bond donors (Lipinski definition) is 1. The molecule has 1 atom stereocenters. The number of para-hydroxylation sites is 1. The fourth-order valence-corrected chi connectivity index (χ4v) is 5.12. The van der Waals surface area contributed by atoms with Crippen molar-refractivity contribution in [2.24, 2.45) is 0 Å². The lowest BCUT2D eigenvalue weighted by Crippen LogP contribution is -2.30. The fourth-order valence-electron chi connectivity index (χ4n) is 3.98. The van der Waals surface area contributed by atoms with Crippen LogP contribution in [0.4, 0.5) is 0 Å². The summed E-state index contributed by atoms with van der Waals surface area (Å²) in [4.78, 5) is 30.7. The molecule has 0 aliphatic carbocycles. The lowest BCUT2D eigenvalue weighted by atomic mass is 10.2. The van der Waals surface area contributed by atoms with E-state index in [4.69, 9.17) is 9.72 Å². The summed E-state index contributed by atoms with van der Waals surface area (Å²) in [5.41, 5.74) is 3.26. The van der Waals surface area contributed by atoms with Crippen LogP contribution in [0.25, 0.3) is 16.7 Å². The molecule has 2 aromatic carbocycles. The van der Waals surface area contributed by atoms with E-state index in [-0.39, 0.29) is 23.9 Å². The van der Waals surface area contributed by atoms with Gasteiger partial charge < -0.3 is 10.1 Å². The summed E-state index contributed by atoms with van der Waals surface area (Å²) >= 11 is 1.49. The average Bonchev–Trinajstić information content (AvgIpc) is 3.43. The Labute approximate surface area is 194 Å². The first kappa shape index (κ1) is 21.3. The molecule has 4 aromatic rings. The summed E-state index contributed by atoms with van der Waals surface area (Å²) < 4.78 is 8.66. The summed E-state index contributed by atoms with van der Waals surface area (Å²) in [7, 11) is 1.61. The number of fused-ring (bicyclic) bond motifs is 2. The van der Waals surface area contributed by atoms with E-state index < -0.39 is 0 Å². The SMILES string of the molecule is COc1ccccc1CNC(=O)CC1CSc2nc3c(cnn3-c3ccc(C)cc3)c(=O)n21. The van der Waals surface area contributed by atoms with Gasteiger partial charge in [0.25, 0.3) is 5.56 Å². The second-order valence-electron chi connectivity index (χ2n) is 7.96. The van der Waals surface area contributed by atoms with Gasteiger partial charge in [0.1, 0.15) is 11.1 Å². The highest BCUT2D eigenvalue weighted by atomic mass is 32.2. The number of rotatable bonds is 6. The van der Waals surface area contributed by atoms with Gasteiger partial charge in [0.2, 0.25) is 5.91 Å². The van der Waals surface area contributed by atoms with Crippen LogP contribution < -0.4 is 15.6 Å². The predicted molar refractivity (Wildman–Crippen MR) is 127 cm³/mol. The van der Waals surface area contributed by atoms with Crippen LogP contribution in [0.2, 0.25) is 0 Å². The summed E-state index contributed by atoms with van der Waals surface area (Å²) in [5.74, 6) is 1.23. The molecule has 2 aromatic heterocycles. The summed E-state index contributed by atoms with van der Waals surface area (Å²) in [5, 5.41) is 8.40. The number of amides is 1. The molecular weight excluding hydrogens is 438 g/mol. The fraction of sp³-hybridized carbons (Fsp3) is 0.250. The van der Waals surface area contributed by atoms with Gasteiger partial charge in [-0.05, 0) is 25.1 Å². The smallest absolute Gasteiger partial charge is 0.265 e. The maximum absolute atomic E-state index is 13.3. The van der Waals surface area contributed by atoms with Crippen LogP contribution in [0.15, 0.2) is 64.7 Å². The van der Waals surface area contributed by atoms with Gasteiger partial charge in [0.05, 0.1) is 25.0 Å². The lowest BCUT2D eigenvalue weighted by molar-refractivity contribution is -0.121. The Morgan fingerprint density at radius 2 is 2.00 bits per heavy atom. The number of nitrogens with one attached hydrogen (secondary N) is 1. The molecule has 0 bridgehead atoms. The second-order valence-corrected chi connectivity index (χ2v) is 8.94. The zero-order valence-electron chi connectivity index (χ0n) is 18.3. The van der Waals surface area contributed by atoms with E-state index >= 15 is 0 Å². The monoisotopic (exact) mass is 461 g/mol. The number of methoxy groups -OCH3 is 1. The first-order valence-corrected chi connectivity index (χ1v) is 11.6. The van der Waals surface area contributed by atoms with E-state index in [1.807, 2.05) is 55.5 Å². The highest BCUT2D eigenvalue weighted by Gasteiger charge is 2.29. The van der Waals surface area contributed by atoms with Crippen LogP contribution >= 0.6 is 11.8 Å². The van der Waals surface area contributed by atoms with E-state index in [1.165, 1.54) is 11.8 Å². The third kappa shape index (κ3) is 4.00. The van der Waals surface area contributed by atoms with E-state index in [1.54, 1.807) is 22.6 Å². The Morgan fingerprint density at radius 3 is 2.79 bits per heavy atom. The van der Waals surface area contributed by atoms with Gasteiger partial charge in [-0.3, -0.25) is 14.2 Å². The molecular formula is C24H23N5O3S. The van der Waals surface area contributed by atoms with Gasteiger partial charge in [-0.15, -0.1) is 0 Å². The standard InChI is InChI=1S/C24H23N5O3S/c1-15-7-9-17(10-8-15)29-22-19(13-26-29)23(31)28-18(14-33-24(28)27-22)11-21(30)25-12-16-5-3-4-6-20(16)32-2/h3-10,13,18H,11-12,14H2,1-2H3,(H,25,30). The van der Waals surface area contributed by atoms with Gasteiger partial charge in [0.15, 0.2) is 10.8 Å². The maximum Gasteiger partial charge on any atom is 0.265 e. The number of benzene rings is 2. The zero-order valence-corrected chi connectivity index (χ0v) is 19.1. The molecule has 1 amide bonds. The molecule has 1 aliphatic heterocycles. The van der Waals surface area contributed by atoms with Crippen LogP contribution in [0.5, 0.6) is 5.75 Å². The van der Waals surface area contributed by atoms with Crippen LogP contribution in [-0.4, -0.2) is 38.1 Å². The molecule has 168 valence electrons. The van der Waals surface area contributed by atoms with Crippen molar-refractivity contribution in [3.63, 3.8) is 0 Å². The van der Waals surface area contributed by atoms with Gasteiger partial charge in [-0.25, -0.2) is 9.67 Å². The minimum atomic E-state index is -0.255. The molecule has 0 spiro atoms. The molecule has 8 nitrogen and oxygen atoms in total. The highest BCUT2D eigenvalue weighted by Crippen LogP contribution is 2.33. The van der Waals surface area contributed by atoms with Crippen molar-refractivity contribution < 1.29 is 9.53 Å². The predicted octanol–water partition coefficient (Wildman–Crippen LogP) is 3.25. The molecule has 5 rings (SSSR count). The molecule has 0 fully saturated rings. The lowest BCUT2D eigenvalue weighted by Gasteiger charge is -2.14. The Kier molecular flexibility index (Phi) is 5.63. The molecule has 3 heterocycles. The Morgan fingerprint density at radius 1 is 1.21 bits per heavy atom. The molecule has 0 saturated carbocycles. The van der Waals surface area contributed by atoms with Crippen molar-refractivity contribution in [1.82, 2.24) is 24.6 Å². The number of aromatic nitrogens is 4. The number of ether oxygens (including phenoxy) is 1. The van der Waals surface area contributed by atoms with E-state index in [9.17, 15) is 9.59 Å². The van der Waals surface area contributed by atoms with Crippen molar-refractivity contribution in [2.75, 3.05) is 12.9 Å². The van der Waals surface area contributed by atoms with Crippen molar-refractivity contribution in [3.8, 4) is 11.4 Å². The van der Waals surface area contributed by atoms with Crippen molar-refractivity contribution >= 4 is 28.7 Å². The van der Waals surface area contributed by atoms with E-state index in [0.717, 1.165) is 22.6 Å². The van der Waals surface area contributed by atoms with Crippen LogP contribution in [0.3, 0.4) is 0 Å². The third-order valence-corrected chi connectivity index (χ3v) is 6.84. The number of thioether (sulfide) groups is 1. The van der Waals surface area contributed by atoms with Crippen molar-refractivity contribution in [3.05, 3.63) is 76.2 Å².